The number of hydrogen-bond donors (Lipinski definition) is 0. The molecular weight excluding hydrogens is 153 g/mol. The summed E-state index contributed by atoms with van der Waals surface area (Å²) in [6.45, 7) is 3.67. The molecular formula is C10H18FN. The van der Waals surface area contributed by atoms with Gasteiger partial charge in [-0.1, -0.05) is 6.92 Å². The molecule has 1 aliphatic carbocycles. The Bertz CT molecular complexity index is 146. The summed E-state index contributed by atoms with van der Waals surface area (Å²) < 4.78 is 12.7. The van der Waals surface area contributed by atoms with Crippen molar-refractivity contribution in [2.24, 2.45) is 17.8 Å². The molecule has 2 heteroatoms. The van der Waals surface area contributed by atoms with E-state index < -0.39 is 0 Å². The van der Waals surface area contributed by atoms with Gasteiger partial charge in [-0.05, 0) is 43.4 Å². The highest BCUT2D eigenvalue weighted by Crippen LogP contribution is 2.42. The third kappa shape index (κ3) is 1.63. The highest BCUT2D eigenvalue weighted by atomic mass is 19.2. The first-order chi connectivity index (χ1) is 5.75. The van der Waals surface area contributed by atoms with Gasteiger partial charge >= 0.3 is 0 Å². The molecule has 12 heavy (non-hydrogen) atoms. The second-order valence-electron chi connectivity index (χ2n) is 4.58. The predicted molar refractivity (Wildman–Crippen MR) is 47.3 cm³/mol. The molecule has 0 unspecified atom stereocenters. The highest BCUT2D eigenvalue weighted by molar-refractivity contribution is 4.84. The average molecular weight is 171 g/mol. The van der Waals surface area contributed by atoms with E-state index >= 15 is 0 Å². The van der Waals surface area contributed by atoms with Crippen LogP contribution in [0.25, 0.3) is 0 Å². The lowest BCUT2D eigenvalue weighted by molar-refractivity contribution is -0.0300. The lowest BCUT2D eigenvalue weighted by Crippen LogP contribution is -2.36. The monoisotopic (exact) mass is 171 g/mol. The smallest absolute Gasteiger partial charge is 0.0293 e. The average Bonchev–Trinajstić information content (AvgIpc) is 2.01. The maximum atomic E-state index is 12.7. The molecule has 0 N–H and O–H groups in total. The van der Waals surface area contributed by atoms with Crippen LogP contribution in [-0.4, -0.2) is 18.2 Å². The van der Waals surface area contributed by atoms with Crippen molar-refractivity contribution in [2.75, 3.05) is 13.1 Å². The largest absolute Gasteiger partial charge is 0.146 e. The zero-order valence-electron chi connectivity index (χ0n) is 7.80. The van der Waals surface area contributed by atoms with E-state index in [-0.39, 0.29) is 0 Å². The second kappa shape index (κ2) is 3.33. The lowest BCUT2D eigenvalue weighted by atomic mass is 9.67. The minimum absolute atomic E-state index is 0.676. The standard InChI is InChI=1S/C10H18FN/c1-8-6-10(7-8)9-2-4-12(11)5-3-9/h8-10H,2-7H2,1H3. The van der Waals surface area contributed by atoms with Gasteiger partial charge in [-0.2, -0.15) is 0 Å². The SMILES string of the molecule is CC1CC(C2CCN(F)CC2)C1. The van der Waals surface area contributed by atoms with E-state index in [9.17, 15) is 4.48 Å². The summed E-state index contributed by atoms with van der Waals surface area (Å²) in [5.41, 5.74) is 0. The Hall–Kier alpha value is -0.110. The summed E-state index contributed by atoms with van der Waals surface area (Å²) in [7, 11) is 0. The van der Waals surface area contributed by atoms with Crippen molar-refractivity contribution in [3.8, 4) is 0 Å². The molecule has 1 heterocycles. The molecule has 1 saturated carbocycles. The Morgan fingerprint density at radius 2 is 1.67 bits per heavy atom. The Morgan fingerprint density at radius 3 is 2.17 bits per heavy atom. The molecule has 0 amide bonds. The third-order valence-corrected chi connectivity index (χ3v) is 3.56. The Morgan fingerprint density at radius 1 is 1.08 bits per heavy atom. The summed E-state index contributed by atoms with van der Waals surface area (Å²) in [5, 5.41) is 0.971. The van der Waals surface area contributed by atoms with E-state index in [1.807, 2.05) is 0 Å². The van der Waals surface area contributed by atoms with E-state index in [0.717, 1.165) is 35.7 Å². The van der Waals surface area contributed by atoms with Crippen LogP contribution >= 0.6 is 0 Å². The molecule has 0 atom stereocenters. The van der Waals surface area contributed by atoms with E-state index in [1.165, 1.54) is 12.8 Å². The van der Waals surface area contributed by atoms with Gasteiger partial charge in [-0.3, -0.25) is 0 Å². The Kier molecular flexibility index (Phi) is 2.35. The Balaban J connectivity index is 1.75. The molecule has 2 fully saturated rings. The first-order valence-electron chi connectivity index (χ1n) is 5.16. The fourth-order valence-electron chi connectivity index (χ4n) is 2.69. The Labute approximate surface area is 73.9 Å². The van der Waals surface area contributed by atoms with E-state index in [0.29, 0.717) is 13.1 Å². The number of piperidine rings is 1. The number of nitrogens with zero attached hydrogens (tertiary/aromatic N) is 1. The molecule has 1 nitrogen and oxygen atoms in total. The summed E-state index contributed by atoms with van der Waals surface area (Å²) in [5.74, 6) is 2.72. The van der Waals surface area contributed by atoms with Gasteiger partial charge in [0.15, 0.2) is 0 Å². The van der Waals surface area contributed by atoms with Crippen molar-refractivity contribution >= 4 is 0 Å². The van der Waals surface area contributed by atoms with E-state index in [2.05, 4.69) is 6.92 Å². The molecule has 1 aliphatic heterocycles. The molecule has 1 saturated heterocycles. The van der Waals surface area contributed by atoms with Gasteiger partial charge in [0, 0.05) is 13.1 Å². The van der Waals surface area contributed by atoms with Crippen molar-refractivity contribution in [3.05, 3.63) is 0 Å². The zero-order valence-corrected chi connectivity index (χ0v) is 7.80. The van der Waals surface area contributed by atoms with Crippen LogP contribution in [0.4, 0.5) is 4.48 Å². The molecule has 2 rings (SSSR count). The van der Waals surface area contributed by atoms with Crippen LogP contribution in [0.1, 0.15) is 32.6 Å². The van der Waals surface area contributed by atoms with Crippen molar-refractivity contribution in [3.63, 3.8) is 0 Å². The highest BCUT2D eigenvalue weighted by Gasteiger charge is 2.34. The summed E-state index contributed by atoms with van der Waals surface area (Å²) in [6, 6.07) is 0. The van der Waals surface area contributed by atoms with E-state index in [1.54, 1.807) is 0 Å². The van der Waals surface area contributed by atoms with Gasteiger partial charge in [-0.25, -0.2) is 0 Å². The summed E-state index contributed by atoms with van der Waals surface area (Å²) >= 11 is 0. The van der Waals surface area contributed by atoms with Gasteiger partial charge < -0.3 is 0 Å². The van der Waals surface area contributed by atoms with Crippen molar-refractivity contribution in [1.82, 2.24) is 5.12 Å². The van der Waals surface area contributed by atoms with Crippen molar-refractivity contribution in [1.29, 1.82) is 0 Å². The van der Waals surface area contributed by atoms with Gasteiger partial charge in [0.2, 0.25) is 0 Å². The van der Waals surface area contributed by atoms with Crippen LogP contribution in [0, 0.1) is 17.8 Å². The fraction of sp³-hybridized carbons (Fsp3) is 1.00. The number of hydrogen-bond acceptors (Lipinski definition) is 1. The zero-order chi connectivity index (χ0) is 8.55. The molecule has 70 valence electrons. The van der Waals surface area contributed by atoms with Gasteiger partial charge in [-0.15, -0.1) is 9.60 Å². The molecule has 2 aliphatic rings. The molecule has 0 radical (unpaired) electrons. The first kappa shape index (κ1) is 8.49. The topological polar surface area (TPSA) is 3.24 Å². The van der Waals surface area contributed by atoms with Crippen LogP contribution in [0.15, 0.2) is 0 Å². The minimum Gasteiger partial charge on any atom is -0.146 e. The van der Waals surface area contributed by atoms with Crippen molar-refractivity contribution < 1.29 is 4.48 Å². The van der Waals surface area contributed by atoms with Crippen LogP contribution in [-0.2, 0) is 0 Å². The van der Waals surface area contributed by atoms with Crippen molar-refractivity contribution in [2.45, 2.75) is 32.6 Å². The quantitative estimate of drug-likeness (QED) is 0.548. The van der Waals surface area contributed by atoms with Gasteiger partial charge in [0.05, 0.1) is 0 Å². The molecule has 0 aromatic heterocycles. The minimum atomic E-state index is 0.676. The second-order valence-corrected chi connectivity index (χ2v) is 4.58. The molecule has 0 aromatic rings. The fourth-order valence-corrected chi connectivity index (χ4v) is 2.69. The first-order valence-corrected chi connectivity index (χ1v) is 5.16. The molecule has 0 bridgehead atoms. The lowest BCUT2D eigenvalue weighted by Gasteiger charge is -2.41. The van der Waals surface area contributed by atoms with Gasteiger partial charge in [0.1, 0.15) is 0 Å². The number of halogens is 1. The van der Waals surface area contributed by atoms with Crippen LogP contribution in [0.3, 0.4) is 0 Å². The number of rotatable bonds is 1. The summed E-state index contributed by atoms with van der Waals surface area (Å²) in [6.07, 6.45) is 4.98. The maximum absolute atomic E-state index is 12.7. The maximum Gasteiger partial charge on any atom is 0.0293 e. The van der Waals surface area contributed by atoms with Crippen LogP contribution < -0.4 is 0 Å². The van der Waals surface area contributed by atoms with Gasteiger partial charge in [0.25, 0.3) is 0 Å². The molecule has 0 aromatic carbocycles. The van der Waals surface area contributed by atoms with Crippen LogP contribution in [0.5, 0.6) is 0 Å². The normalized spacial score (nSPS) is 39.5. The molecule has 0 spiro atoms. The van der Waals surface area contributed by atoms with Crippen LogP contribution in [0.2, 0.25) is 0 Å². The summed E-state index contributed by atoms with van der Waals surface area (Å²) in [4.78, 5) is 0. The van der Waals surface area contributed by atoms with E-state index in [4.69, 9.17) is 0 Å². The predicted octanol–water partition coefficient (Wildman–Crippen LogP) is 2.63. The third-order valence-electron chi connectivity index (χ3n) is 3.56.